The second-order valence-electron chi connectivity index (χ2n) is 7.75. The number of Topliss-reactive ketones (excluding diaryl/α,β-unsaturated/α-hetero) is 1. The van der Waals surface area contributed by atoms with Gasteiger partial charge in [0.05, 0.1) is 0 Å². The predicted molar refractivity (Wildman–Crippen MR) is 105 cm³/mol. The van der Waals surface area contributed by atoms with Gasteiger partial charge in [-0.1, -0.05) is 15.9 Å². The van der Waals surface area contributed by atoms with E-state index in [4.69, 9.17) is 9.47 Å². The van der Waals surface area contributed by atoms with E-state index < -0.39 is 29.8 Å². The molecule has 27 heavy (non-hydrogen) atoms. The number of carbonyl (C=O) groups is 3. The molecule has 0 N–H and O–H groups in total. The van der Waals surface area contributed by atoms with E-state index in [2.05, 4.69) is 15.9 Å². The minimum atomic E-state index is -0.861. The van der Waals surface area contributed by atoms with Gasteiger partial charge in [0.2, 0.25) is 5.78 Å². The van der Waals surface area contributed by atoms with Crippen LogP contribution in [0.2, 0.25) is 0 Å². The maximum atomic E-state index is 12.8. The Kier molecular flexibility index (Phi) is 6.68. The number of fused-ring (bicyclic) bond motifs is 1. The molecule has 0 bridgehead atoms. The van der Waals surface area contributed by atoms with Gasteiger partial charge in [-0.05, 0) is 70.7 Å². The highest BCUT2D eigenvalue weighted by Crippen LogP contribution is 2.26. The lowest BCUT2D eigenvalue weighted by Crippen LogP contribution is -2.45. The van der Waals surface area contributed by atoms with Gasteiger partial charge < -0.3 is 9.47 Å². The Morgan fingerprint density at radius 2 is 1.96 bits per heavy atom. The van der Waals surface area contributed by atoms with Crippen molar-refractivity contribution < 1.29 is 23.9 Å². The SMILES string of the molecule is CC(C(=O)OC1CCCc2cc(Br)ccc2C1=O)N(C)C(=O)OC(C)(C)C. The summed E-state index contributed by atoms with van der Waals surface area (Å²) in [5.74, 6) is -0.822. The Morgan fingerprint density at radius 1 is 1.30 bits per heavy atom. The maximum Gasteiger partial charge on any atom is 0.410 e. The maximum absolute atomic E-state index is 12.8. The lowest BCUT2D eigenvalue weighted by Gasteiger charge is -2.28. The third kappa shape index (κ3) is 5.54. The zero-order valence-corrected chi connectivity index (χ0v) is 18.0. The smallest absolute Gasteiger partial charge is 0.410 e. The summed E-state index contributed by atoms with van der Waals surface area (Å²) in [6, 6.07) is 4.63. The molecule has 6 nitrogen and oxygen atoms in total. The van der Waals surface area contributed by atoms with E-state index in [9.17, 15) is 14.4 Å². The van der Waals surface area contributed by atoms with Gasteiger partial charge in [0.15, 0.2) is 6.10 Å². The summed E-state index contributed by atoms with van der Waals surface area (Å²) in [5.41, 5.74) is 0.873. The highest BCUT2D eigenvalue weighted by atomic mass is 79.9. The summed E-state index contributed by atoms with van der Waals surface area (Å²) >= 11 is 3.41. The first kappa shape index (κ1) is 21.4. The van der Waals surface area contributed by atoms with Crippen molar-refractivity contribution in [2.45, 2.75) is 64.7 Å². The number of halogens is 1. The minimum absolute atomic E-state index is 0.199. The molecular formula is C20H26BrNO5. The number of benzene rings is 1. The molecule has 1 aliphatic rings. The Bertz CT molecular complexity index is 740. The zero-order chi connectivity index (χ0) is 20.4. The number of amides is 1. The molecule has 0 spiro atoms. The fourth-order valence-corrected chi connectivity index (χ4v) is 3.20. The van der Waals surface area contributed by atoms with Crippen molar-refractivity contribution in [2.75, 3.05) is 7.05 Å². The first-order valence-electron chi connectivity index (χ1n) is 8.98. The Balaban J connectivity index is 2.07. The molecule has 1 aromatic rings. The quantitative estimate of drug-likeness (QED) is 0.522. The second-order valence-corrected chi connectivity index (χ2v) is 8.67. The van der Waals surface area contributed by atoms with Crippen LogP contribution in [0, 0.1) is 0 Å². The van der Waals surface area contributed by atoms with E-state index in [1.165, 1.54) is 11.9 Å². The monoisotopic (exact) mass is 439 g/mol. The molecule has 148 valence electrons. The van der Waals surface area contributed by atoms with Crippen LogP contribution < -0.4 is 0 Å². The standard InChI is InChI=1S/C20H26BrNO5/c1-12(22(5)19(25)27-20(2,3)4)18(24)26-16-8-6-7-13-11-14(21)9-10-15(13)17(16)23/h9-12,16H,6-8H2,1-5H3. The van der Waals surface area contributed by atoms with E-state index in [-0.39, 0.29) is 5.78 Å². The van der Waals surface area contributed by atoms with Gasteiger partial charge in [0.25, 0.3) is 0 Å². The fraction of sp³-hybridized carbons (Fsp3) is 0.550. The number of esters is 1. The molecule has 1 aromatic carbocycles. The van der Waals surface area contributed by atoms with Crippen molar-refractivity contribution in [3.8, 4) is 0 Å². The Morgan fingerprint density at radius 3 is 2.59 bits per heavy atom. The lowest BCUT2D eigenvalue weighted by atomic mass is 10.0. The van der Waals surface area contributed by atoms with Crippen LogP contribution >= 0.6 is 15.9 Å². The van der Waals surface area contributed by atoms with Crippen molar-refractivity contribution in [3.63, 3.8) is 0 Å². The summed E-state index contributed by atoms with van der Waals surface area (Å²) < 4.78 is 11.7. The largest absolute Gasteiger partial charge is 0.452 e. The van der Waals surface area contributed by atoms with Crippen molar-refractivity contribution in [2.24, 2.45) is 0 Å². The summed E-state index contributed by atoms with van der Waals surface area (Å²) in [6.45, 7) is 6.81. The van der Waals surface area contributed by atoms with Crippen molar-refractivity contribution in [3.05, 3.63) is 33.8 Å². The topological polar surface area (TPSA) is 72.9 Å². The van der Waals surface area contributed by atoms with E-state index >= 15 is 0 Å². The highest BCUT2D eigenvalue weighted by molar-refractivity contribution is 9.10. The average Bonchev–Trinajstić information content (AvgIpc) is 2.71. The van der Waals surface area contributed by atoms with Gasteiger partial charge in [0.1, 0.15) is 11.6 Å². The van der Waals surface area contributed by atoms with E-state index in [0.29, 0.717) is 12.0 Å². The van der Waals surface area contributed by atoms with Gasteiger partial charge in [-0.25, -0.2) is 9.59 Å². The van der Waals surface area contributed by atoms with Gasteiger partial charge in [0, 0.05) is 17.1 Å². The van der Waals surface area contributed by atoms with E-state index in [1.54, 1.807) is 39.8 Å². The third-order valence-corrected chi connectivity index (χ3v) is 4.89. The van der Waals surface area contributed by atoms with Crippen LogP contribution in [0.1, 0.15) is 56.5 Å². The first-order chi connectivity index (χ1) is 12.5. The second kappa shape index (κ2) is 8.42. The Labute approximate surface area is 168 Å². The first-order valence-corrected chi connectivity index (χ1v) is 9.78. The summed E-state index contributed by atoms with van der Waals surface area (Å²) in [6.07, 6.45) is 0.495. The number of aryl methyl sites for hydroxylation is 1. The van der Waals surface area contributed by atoms with Crippen molar-refractivity contribution >= 4 is 33.8 Å². The lowest BCUT2D eigenvalue weighted by molar-refractivity contribution is -0.152. The molecule has 0 radical (unpaired) electrons. The van der Waals surface area contributed by atoms with Crippen molar-refractivity contribution in [1.29, 1.82) is 0 Å². The molecule has 0 aromatic heterocycles. The molecule has 0 saturated carbocycles. The number of ether oxygens (including phenoxy) is 2. The number of ketones is 1. The summed E-state index contributed by atoms with van der Waals surface area (Å²) in [4.78, 5) is 38.6. The molecule has 0 saturated heterocycles. The number of rotatable bonds is 3. The number of nitrogens with zero attached hydrogens (tertiary/aromatic N) is 1. The normalized spacial score (nSPS) is 18.1. The van der Waals surface area contributed by atoms with Crippen LogP contribution in [0.3, 0.4) is 0 Å². The molecule has 1 aliphatic carbocycles. The molecule has 0 heterocycles. The number of likely N-dealkylation sites (N-methyl/N-ethyl adjacent to an activating group) is 1. The van der Waals surface area contributed by atoms with E-state index in [0.717, 1.165) is 22.9 Å². The van der Waals surface area contributed by atoms with E-state index in [1.807, 2.05) is 6.07 Å². The molecule has 2 atom stereocenters. The number of carbonyl (C=O) groups excluding carboxylic acids is 3. The molecular weight excluding hydrogens is 414 g/mol. The minimum Gasteiger partial charge on any atom is -0.452 e. The van der Waals surface area contributed by atoms with Gasteiger partial charge in [-0.3, -0.25) is 9.69 Å². The van der Waals surface area contributed by atoms with Crippen LogP contribution in [0.5, 0.6) is 0 Å². The molecule has 2 rings (SSSR count). The molecule has 7 heteroatoms. The van der Waals surface area contributed by atoms with Gasteiger partial charge >= 0.3 is 12.1 Å². The van der Waals surface area contributed by atoms with Crippen LogP contribution in [-0.2, 0) is 20.7 Å². The molecule has 0 aliphatic heterocycles. The van der Waals surface area contributed by atoms with Crippen LogP contribution in [-0.4, -0.2) is 47.5 Å². The average molecular weight is 440 g/mol. The van der Waals surface area contributed by atoms with Gasteiger partial charge in [-0.2, -0.15) is 0 Å². The Hall–Kier alpha value is -1.89. The van der Waals surface area contributed by atoms with Gasteiger partial charge in [-0.15, -0.1) is 0 Å². The van der Waals surface area contributed by atoms with Crippen molar-refractivity contribution in [1.82, 2.24) is 4.90 Å². The number of hydrogen-bond acceptors (Lipinski definition) is 5. The fourth-order valence-electron chi connectivity index (χ4n) is 2.79. The summed E-state index contributed by atoms with van der Waals surface area (Å²) in [5, 5.41) is 0. The molecule has 1 amide bonds. The molecule has 0 fully saturated rings. The summed E-state index contributed by atoms with van der Waals surface area (Å²) in [7, 11) is 1.47. The van der Waals surface area contributed by atoms with Crippen LogP contribution in [0.15, 0.2) is 22.7 Å². The number of hydrogen-bond donors (Lipinski definition) is 0. The van der Waals surface area contributed by atoms with Crippen LogP contribution in [0.4, 0.5) is 4.79 Å². The predicted octanol–water partition coefficient (Wildman–Crippen LogP) is 4.14. The third-order valence-electron chi connectivity index (χ3n) is 4.40. The molecule has 2 unspecified atom stereocenters. The zero-order valence-electron chi connectivity index (χ0n) is 16.4. The van der Waals surface area contributed by atoms with Crippen LogP contribution in [0.25, 0.3) is 0 Å². The highest BCUT2D eigenvalue weighted by Gasteiger charge is 2.33.